The molecule has 0 aliphatic rings. The second-order valence-electron chi connectivity index (χ2n) is 6.00. The maximum absolute atomic E-state index is 12.7. The fraction of sp³-hybridized carbons (Fsp3) is 0.150. The van der Waals surface area contributed by atoms with Crippen LogP contribution >= 0.6 is 11.8 Å². The Morgan fingerprint density at radius 2 is 1.90 bits per heavy atom. The van der Waals surface area contributed by atoms with Crippen LogP contribution in [0.15, 0.2) is 72.4 Å². The Morgan fingerprint density at radius 1 is 1.20 bits per heavy atom. The van der Waals surface area contributed by atoms with Crippen molar-refractivity contribution in [1.82, 2.24) is 14.9 Å². The molecule has 3 rings (SSSR count). The number of nitrogens with zero attached hydrogens (tertiary/aromatic N) is 4. The van der Waals surface area contributed by atoms with Crippen LogP contribution in [0.4, 0.5) is 14.5 Å². The first-order valence-electron chi connectivity index (χ1n) is 8.84. The van der Waals surface area contributed by atoms with Gasteiger partial charge >= 0.3 is 6.61 Å². The minimum Gasteiger partial charge on any atom is -0.435 e. The fourth-order valence-corrected chi connectivity index (χ4v) is 3.38. The molecule has 1 heterocycles. The molecule has 0 atom stereocenters. The van der Waals surface area contributed by atoms with Crippen molar-refractivity contribution in [2.75, 3.05) is 23.0 Å². The molecule has 0 aliphatic carbocycles. The minimum absolute atomic E-state index is 0.0280. The molecule has 10 heteroatoms. The maximum atomic E-state index is 12.7. The molecule has 0 aliphatic heterocycles. The topological polar surface area (TPSA) is 86.3 Å². The Balaban J connectivity index is 1.68. The number of para-hydroxylation sites is 1. The van der Waals surface area contributed by atoms with Gasteiger partial charge in [0.1, 0.15) is 5.75 Å². The van der Waals surface area contributed by atoms with E-state index in [1.54, 1.807) is 23.1 Å². The highest BCUT2D eigenvalue weighted by Crippen LogP contribution is 2.25. The lowest BCUT2D eigenvalue weighted by atomic mass is 10.2. The maximum Gasteiger partial charge on any atom is 0.387 e. The quantitative estimate of drug-likeness (QED) is 0.317. The van der Waals surface area contributed by atoms with Crippen molar-refractivity contribution >= 4 is 23.4 Å². The number of ether oxygens (including phenoxy) is 1. The summed E-state index contributed by atoms with van der Waals surface area (Å²) < 4.78 is 30.1. The van der Waals surface area contributed by atoms with Crippen molar-refractivity contribution in [3.63, 3.8) is 0 Å². The summed E-state index contributed by atoms with van der Waals surface area (Å²) >= 11 is 1.15. The molecular formula is C20H19F2N5O2S. The fourth-order valence-electron chi connectivity index (χ4n) is 2.65. The van der Waals surface area contributed by atoms with E-state index in [-0.39, 0.29) is 17.4 Å². The average molecular weight is 431 g/mol. The lowest BCUT2D eigenvalue weighted by Gasteiger charge is -2.20. The molecule has 3 aromatic rings. The van der Waals surface area contributed by atoms with Gasteiger partial charge in [-0.25, -0.2) is 4.68 Å². The van der Waals surface area contributed by atoms with Gasteiger partial charge in [0.05, 0.1) is 5.75 Å². The summed E-state index contributed by atoms with van der Waals surface area (Å²) in [4.78, 5) is 14.3. The number of nitrogens with two attached hydrogens (primary N) is 1. The number of aromatic nitrogens is 3. The number of alkyl halides is 2. The number of hydrogen-bond acceptors (Lipinski definition) is 6. The Morgan fingerprint density at radius 3 is 2.53 bits per heavy atom. The lowest BCUT2D eigenvalue weighted by molar-refractivity contribution is -0.116. The van der Waals surface area contributed by atoms with E-state index in [1.807, 2.05) is 30.3 Å². The number of carbonyl (C=O) groups excluding carboxylic acids is 1. The Labute approximate surface area is 176 Å². The number of thioether (sulfide) groups is 1. The van der Waals surface area contributed by atoms with Crippen molar-refractivity contribution < 1.29 is 18.3 Å². The minimum atomic E-state index is -2.90. The number of benzene rings is 2. The highest BCUT2D eigenvalue weighted by atomic mass is 32.2. The Kier molecular flexibility index (Phi) is 7.02. The van der Waals surface area contributed by atoms with Gasteiger partial charge in [-0.1, -0.05) is 36.0 Å². The molecule has 1 amide bonds. The highest BCUT2D eigenvalue weighted by Gasteiger charge is 2.18. The molecule has 2 aromatic carbocycles. The molecular weight excluding hydrogens is 412 g/mol. The predicted molar refractivity (Wildman–Crippen MR) is 112 cm³/mol. The number of carbonyl (C=O) groups is 1. The van der Waals surface area contributed by atoms with Crippen LogP contribution in [0, 0.1) is 0 Å². The Hall–Kier alpha value is -3.40. The molecule has 0 unspecified atom stereocenters. The van der Waals surface area contributed by atoms with Crippen LogP contribution in [0.1, 0.15) is 0 Å². The zero-order chi connectivity index (χ0) is 21.5. The summed E-state index contributed by atoms with van der Waals surface area (Å²) in [6, 6.07) is 15.1. The van der Waals surface area contributed by atoms with Crippen molar-refractivity contribution in [3.05, 3.63) is 67.3 Å². The zero-order valence-corrected chi connectivity index (χ0v) is 16.6. The van der Waals surface area contributed by atoms with E-state index < -0.39 is 6.61 Å². The van der Waals surface area contributed by atoms with Gasteiger partial charge in [0.2, 0.25) is 11.1 Å². The van der Waals surface area contributed by atoms with Gasteiger partial charge in [-0.15, -0.1) is 16.8 Å². The summed E-state index contributed by atoms with van der Waals surface area (Å²) in [5, 5.41) is 8.40. The van der Waals surface area contributed by atoms with Gasteiger partial charge in [0.25, 0.3) is 0 Å². The third-order valence-corrected chi connectivity index (χ3v) is 4.94. The van der Waals surface area contributed by atoms with Gasteiger partial charge < -0.3 is 15.5 Å². The van der Waals surface area contributed by atoms with Crippen molar-refractivity contribution in [2.24, 2.45) is 0 Å². The normalized spacial score (nSPS) is 10.8. The molecule has 0 saturated carbocycles. The lowest BCUT2D eigenvalue weighted by Crippen LogP contribution is -2.32. The van der Waals surface area contributed by atoms with Crippen LogP contribution in [0.25, 0.3) is 11.4 Å². The van der Waals surface area contributed by atoms with E-state index in [9.17, 15) is 13.6 Å². The number of halogens is 2. The first kappa shape index (κ1) is 21.3. The molecule has 0 fully saturated rings. The van der Waals surface area contributed by atoms with Crippen LogP contribution in [-0.4, -0.2) is 39.7 Å². The third kappa shape index (κ3) is 5.15. The number of hydrogen-bond donors (Lipinski definition) is 1. The van der Waals surface area contributed by atoms with E-state index in [2.05, 4.69) is 21.5 Å². The molecule has 0 radical (unpaired) electrons. The first-order chi connectivity index (χ1) is 14.5. The van der Waals surface area contributed by atoms with Crippen molar-refractivity contribution in [2.45, 2.75) is 11.8 Å². The number of anilines is 1. The van der Waals surface area contributed by atoms with Crippen molar-refractivity contribution in [3.8, 4) is 17.1 Å². The van der Waals surface area contributed by atoms with E-state index in [1.165, 1.54) is 16.8 Å². The summed E-state index contributed by atoms with van der Waals surface area (Å²) in [7, 11) is 0. The van der Waals surface area contributed by atoms with Crippen LogP contribution in [0.5, 0.6) is 5.75 Å². The number of amides is 1. The summed E-state index contributed by atoms with van der Waals surface area (Å²) in [5.74, 6) is 6.39. The SMILES string of the molecule is C=CCN(C(=O)CSc1nnc(-c2ccc(OC(F)F)cc2)n1N)c1ccccc1. The molecule has 0 saturated heterocycles. The standard InChI is InChI=1S/C20H19F2N5O2S/c1-2-12-26(15-6-4-3-5-7-15)17(28)13-30-20-25-24-18(27(20)23)14-8-10-16(11-9-14)29-19(21)22/h2-11,19H,1,12-13,23H2. The number of rotatable bonds is 9. The van der Waals surface area contributed by atoms with Crippen molar-refractivity contribution in [1.29, 1.82) is 0 Å². The van der Waals surface area contributed by atoms with Gasteiger partial charge in [-0.05, 0) is 36.4 Å². The summed E-state index contributed by atoms with van der Waals surface area (Å²) in [6.45, 7) is 1.18. The summed E-state index contributed by atoms with van der Waals surface area (Å²) in [6.07, 6.45) is 1.65. The Bertz CT molecular complexity index is 996. The van der Waals surface area contributed by atoms with E-state index >= 15 is 0 Å². The van der Waals surface area contributed by atoms with E-state index in [0.29, 0.717) is 23.1 Å². The average Bonchev–Trinajstić information content (AvgIpc) is 3.11. The molecule has 1 aromatic heterocycles. The van der Waals surface area contributed by atoms with Crippen LogP contribution < -0.4 is 15.5 Å². The van der Waals surface area contributed by atoms with Crippen LogP contribution in [-0.2, 0) is 4.79 Å². The van der Waals surface area contributed by atoms with E-state index in [4.69, 9.17) is 5.84 Å². The van der Waals surface area contributed by atoms with Gasteiger partial charge in [-0.2, -0.15) is 8.78 Å². The summed E-state index contributed by atoms with van der Waals surface area (Å²) in [5.41, 5.74) is 1.34. The van der Waals surface area contributed by atoms with Crippen LogP contribution in [0.3, 0.4) is 0 Å². The first-order valence-corrected chi connectivity index (χ1v) is 9.83. The molecule has 30 heavy (non-hydrogen) atoms. The predicted octanol–water partition coefficient (Wildman–Crippen LogP) is 3.57. The third-order valence-electron chi connectivity index (χ3n) is 4.01. The smallest absolute Gasteiger partial charge is 0.387 e. The second-order valence-corrected chi connectivity index (χ2v) is 6.94. The second kappa shape index (κ2) is 9.88. The molecule has 156 valence electrons. The molecule has 0 bridgehead atoms. The van der Waals surface area contributed by atoms with Gasteiger partial charge in [-0.3, -0.25) is 4.79 Å². The largest absolute Gasteiger partial charge is 0.435 e. The molecule has 0 spiro atoms. The number of nitrogen functional groups attached to an aromatic ring is 1. The zero-order valence-electron chi connectivity index (χ0n) is 15.8. The van der Waals surface area contributed by atoms with E-state index in [0.717, 1.165) is 17.4 Å². The van der Waals surface area contributed by atoms with Gasteiger partial charge in [0.15, 0.2) is 5.82 Å². The highest BCUT2D eigenvalue weighted by molar-refractivity contribution is 7.99. The monoisotopic (exact) mass is 431 g/mol. The van der Waals surface area contributed by atoms with Gasteiger partial charge in [0, 0.05) is 17.8 Å². The molecule has 2 N–H and O–H groups in total. The molecule has 7 nitrogen and oxygen atoms in total. The van der Waals surface area contributed by atoms with Crippen LogP contribution in [0.2, 0.25) is 0 Å².